The minimum absolute atomic E-state index is 0.117. The van der Waals surface area contributed by atoms with E-state index in [-0.39, 0.29) is 5.82 Å². The zero-order valence-electron chi connectivity index (χ0n) is 14.5. The van der Waals surface area contributed by atoms with E-state index in [9.17, 15) is 4.79 Å². The van der Waals surface area contributed by atoms with Gasteiger partial charge in [0.05, 0.1) is 11.0 Å². The lowest BCUT2D eigenvalue weighted by atomic mass is 10.1. The lowest BCUT2D eigenvalue weighted by molar-refractivity contribution is 0.101. The van der Waals surface area contributed by atoms with E-state index in [1.165, 1.54) is 11.3 Å². The van der Waals surface area contributed by atoms with Gasteiger partial charge in [-0.15, -0.1) is 10.2 Å². The number of rotatable bonds is 3. The molecule has 0 bridgehead atoms. The number of fused-ring (bicyclic) bond motifs is 2. The average Bonchev–Trinajstić information content (AvgIpc) is 3.28. The highest BCUT2D eigenvalue weighted by atomic mass is 32.1. The van der Waals surface area contributed by atoms with Gasteiger partial charge in [-0.25, -0.2) is 9.97 Å². The molecule has 1 N–H and O–H groups in total. The molecule has 0 atom stereocenters. The Morgan fingerprint density at radius 3 is 2.04 bits per heavy atom. The Labute approximate surface area is 163 Å². The molecule has 0 fully saturated rings. The fourth-order valence-corrected chi connectivity index (χ4v) is 3.68. The van der Waals surface area contributed by atoms with E-state index in [1.54, 1.807) is 0 Å². The number of hydrogen-bond donors (Lipinski definition) is 1. The molecule has 6 nitrogen and oxygen atoms in total. The molecule has 2 aromatic heterocycles. The summed E-state index contributed by atoms with van der Waals surface area (Å²) in [5, 5.41) is 14.2. The summed E-state index contributed by atoms with van der Waals surface area (Å²) >= 11 is 1.31. The second-order valence-corrected chi connectivity index (χ2v) is 7.14. The summed E-state index contributed by atoms with van der Waals surface area (Å²) < 4.78 is 0. The average molecular weight is 383 g/mol. The molecule has 0 aliphatic heterocycles. The molecule has 5 aromatic rings. The Morgan fingerprint density at radius 1 is 0.786 bits per heavy atom. The van der Waals surface area contributed by atoms with Gasteiger partial charge in [0.15, 0.2) is 0 Å². The maximum atomic E-state index is 12.6. The van der Waals surface area contributed by atoms with Gasteiger partial charge < -0.3 is 0 Å². The Bertz CT molecular complexity index is 1260. The summed E-state index contributed by atoms with van der Waals surface area (Å²) in [5.41, 5.74) is 2.33. The number of nitrogens with zero attached hydrogens (tertiary/aromatic N) is 4. The maximum absolute atomic E-state index is 12.6. The van der Waals surface area contributed by atoms with Gasteiger partial charge >= 0.3 is 0 Å². The zero-order chi connectivity index (χ0) is 18.9. The molecule has 5 rings (SSSR count). The van der Waals surface area contributed by atoms with Crippen molar-refractivity contribution in [2.75, 3.05) is 5.32 Å². The number of imidazole rings is 1. The highest BCUT2D eigenvalue weighted by Crippen LogP contribution is 2.26. The normalized spacial score (nSPS) is 11.0. The van der Waals surface area contributed by atoms with Gasteiger partial charge in [0, 0.05) is 5.56 Å². The fourth-order valence-electron chi connectivity index (χ4n) is 2.94. The first-order valence-corrected chi connectivity index (χ1v) is 9.45. The molecule has 134 valence electrons. The Balaban J connectivity index is 1.43. The lowest BCUT2D eigenvalue weighted by Gasteiger charge is -1.95. The molecule has 0 unspecified atom stereocenters. The number of aromatic nitrogens is 4. The summed E-state index contributed by atoms with van der Waals surface area (Å²) in [6.07, 6.45) is 0. The van der Waals surface area contributed by atoms with Crippen molar-refractivity contribution in [3.63, 3.8) is 0 Å². The number of carbonyl (C=O) groups excluding carboxylic acids is 1. The third-order valence-corrected chi connectivity index (χ3v) is 5.16. The van der Waals surface area contributed by atoms with Crippen LogP contribution < -0.4 is 5.32 Å². The predicted molar refractivity (Wildman–Crippen MR) is 110 cm³/mol. The molecule has 3 aromatic carbocycles. The van der Waals surface area contributed by atoms with Gasteiger partial charge in [-0.2, -0.15) is 0 Å². The Hall–Kier alpha value is -3.71. The first-order chi connectivity index (χ1) is 13.8. The van der Waals surface area contributed by atoms with E-state index < -0.39 is 5.91 Å². The van der Waals surface area contributed by atoms with Crippen LogP contribution in [0.3, 0.4) is 0 Å². The molecule has 0 saturated heterocycles. The third kappa shape index (κ3) is 3.08. The van der Waals surface area contributed by atoms with Crippen molar-refractivity contribution in [3.05, 3.63) is 78.6 Å². The van der Waals surface area contributed by atoms with Gasteiger partial charge in [0.2, 0.25) is 11.0 Å². The number of carbonyl (C=O) groups is 1. The largest absolute Gasteiger partial charge is 0.295 e. The first kappa shape index (κ1) is 16.5. The number of benzene rings is 2. The zero-order valence-corrected chi connectivity index (χ0v) is 15.4. The van der Waals surface area contributed by atoms with Crippen LogP contribution in [0.5, 0.6) is 0 Å². The Kier molecular flexibility index (Phi) is 3.99. The van der Waals surface area contributed by atoms with Crippen LogP contribution in [0.2, 0.25) is 0 Å². The van der Waals surface area contributed by atoms with Crippen LogP contribution in [0.25, 0.3) is 32.4 Å². The van der Waals surface area contributed by atoms with Crippen LogP contribution >= 0.6 is 11.3 Å². The highest BCUT2D eigenvalue weighted by Gasteiger charge is 2.16. The quantitative estimate of drug-likeness (QED) is 0.494. The van der Waals surface area contributed by atoms with Crippen LogP contribution in [0.1, 0.15) is 10.6 Å². The first-order valence-electron chi connectivity index (χ1n) is 8.63. The third-order valence-electron chi connectivity index (χ3n) is 4.28. The summed E-state index contributed by atoms with van der Waals surface area (Å²) in [6.45, 7) is 0. The van der Waals surface area contributed by atoms with Crippen molar-refractivity contribution < 1.29 is 4.79 Å². The predicted octanol–water partition coefficient (Wildman–Crippen LogP) is 4.55. The van der Waals surface area contributed by atoms with E-state index in [2.05, 4.69) is 25.5 Å². The lowest BCUT2D eigenvalue weighted by Crippen LogP contribution is -2.13. The van der Waals surface area contributed by atoms with Crippen molar-refractivity contribution in [3.8, 4) is 10.6 Å². The van der Waals surface area contributed by atoms with Crippen molar-refractivity contribution in [1.82, 2.24) is 20.2 Å². The van der Waals surface area contributed by atoms with E-state index in [0.29, 0.717) is 16.2 Å². The van der Waals surface area contributed by atoms with Crippen molar-refractivity contribution in [2.24, 2.45) is 0 Å². The molecular formula is C21H13N5OS. The van der Waals surface area contributed by atoms with Crippen LogP contribution in [0.4, 0.5) is 5.13 Å². The molecule has 1 amide bonds. The second-order valence-electron chi connectivity index (χ2n) is 6.16. The van der Waals surface area contributed by atoms with Crippen LogP contribution in [0.15, 0.2) is 72.8 Å². The number of nitrogens with one attached hydrogen (secondary N) is 1. The van der Waals surface area contributed by atoms with Crippen molar-refractivity contribution in [1.29, 1.82) is 0 Å². The maximum Gasteiger partial charge on any atom is 0.295 e. The number of hydrogen-bond acceptors (Lipinski definition) is 6. The fraction of sp³-hybridized carbons (Fsp3) is 0. The van der Waals surface area contributed by atoms with Gasteiger partial charge in [0.1, 0.15) is 5.01 Å². The molecule has 2 heterocycles. The van der Waals surface area contributed by atoms with Crippen molar-refractivity contribution in [2.45, 2.75) is 0 Å². The van der Waals surface area contributed by atoms with E-state index >= 15 is 0 Å². The summed E-state index contributed by atoms with van der Waals surface area (Å²) in [4.78, 5) is 21.3. The molecule has 0 aliphatic carbocycles. The van der Waals surface area contributed by atoms with Crippen LogP contribution in [-0.4, -0.2) is 26.1 Å². The van der Waals surface area contributed by atoms with Gasteiger partial charge in [0.25, 0.3) is 5.91 Å². The summed E-state index contributed by atoms with van der Waals surface area (Å²) in [5.74, 6) is -0.285. The van der Waals surface area contributed by atoms with Crippen molar-refractivity contribution >= 4 is 44.2 Å². The molecule has 7 heteroatoms. The molecule has 0 radical (unpaired) electrons. The van der Waals surface area contributed by atoms with E-state index in [0.717, 1.165) is 21.3 Å². The molecule has 0 aliphatic rings. The molecule has 0 saturated carbocycles. The summed E-state index contributed by atoms with van der Waals surface area (Å²) in [7, 11) is 0. The SMILES string of the molecule is O=C(Nc1nnc(-c2ccccc2)s1)c1nc2cc3cccccc3cc2n1. The standard InChI is InChI=1S/C21H13N5OS/c27-19(24-21-26-25-20(28-21)13-7-3-1-4-8-13)18-22-16-11-14-9-5-2-6-10-15(14)12-17(16)23-18/h1-12H,(H,24,26,27). The Morgan fingerprint density at radius 2 is 1.39 bits per heavy atom. The molecular weight excluding hydrogens is 370 g/mol. The monoisotopic (exact) mass is 383 g/mol. The second kappa shape index (κ2) is 6.79. The van der Waals surface area contributed by atoms with Gasteiger partial charge in [-0.05, 0) is 22.9 Å². The smallest absolute Gasteiger partial charge is 0.294 e. The minimum atomic E-state index is -0.401. The van der Waals surface area contributed by atoms with E-state index in [1.807, 2.05) is 72.8 Å². The van der Waals surface area contributed by atoms with Crippen LogP contribution in [-0.2, 0) is 0 Å². The highest BCUT2D eigenvalue weighted by molar-refractivity contribution is 7.18. The number of amides is 1. The number of anilines is 1. The van der Waals surface area contributed by atoms with E-state index in [4.69, 9.17) is 0 Å². The topological polar surface area (TPSA) is 80.7 Å². The van der Waals surface area contributed by atoms with Crippen LogP contribution in [0, 0.1) is 0 Å². The summed E-state index contributed by atoms with van der Waals surface area (Å²) in [6, 6.07) is 23.5. The minimum Gasteiger partial charge on any atom is -0.294 e. The van der Waals surface area contributed by atoms with Gasteiger partial charge in [-0.3, -0.25) is 10.1 Å². The van der Waals surface area contributed by atoms with Gasteiger partial charge in [-0.1, -0.05) is 72.0 Å². The molecule has 28 heavy (non-hydrogen) atoms. The molecule has 0 spiro atoms.